The van der Waals surface area contributed by atoms with Gasteiger partial charge in [-0.15, -0.1) is 6.58 Å². The lowest BCUT2D eigenvalue weighted by Gasteiger charge is -2.47. The van der Waals surface area contributed by atoms with Gasteiger partial charge in [-0.25, -0.2) is 0 Å². The third-order valence-corrected chi connectivity index (χ3v) is 20.1. The van der Waals surface area contributed by atoms with Gasteiger partial charge in [-0.1, -0.05) is 161 Å². The largest absolute Gasteiger partial charge is 0.116 e. The van der Waals surface area contributed by atoms with Gasteiger partial charge in [0.15, 0.2) is 0 Å². The standard InChI is InChI=1S/C30H32Si2/c1-4-17-30(31(2,26-18-9-5-10-19-26)27-20-11-6-12-21-27)32(3,28-22-13-7-14-23-28)29-24-15-8-16-25-29/h4-16,18-25,30H,1,17H2,2-3H3. The highest BCUT2D eigenvalue weighted by atomic mass is 28.4. The molecular formula is C30H32Si2. The maximum absolute atomic E-state index is 4.25. The van der Waals surface area contributed by atoms with E-state index < -0.39 is 16.1 Å². The molecule has 0 saturated carbocycles. The summed E-state index contributed by atoms with van der Waals surface area (Å²) in [4.78, 5) is 0. The first kappa shape index (κ1) is 22.3. The lowest BCUT2D eigenvalue weighted by molar-refractivity contribution is 1.06. The number of hydrogen-bond donors (Lipinski definition) is 0. The quantitative estimate of drug-likeness (QED) is 0.255. The van der Waals surface area contributed by atoms with Crippen molar-refractivity contribution in [2.75, 3.05) is 0 Å². The zero-order chi connectivity index (χ0) is 22.4. The van der Waals surface area contributed by atoms with Gasteiger partial charge in [0, 0.05) is 0 Å². The normalized spacial score (nSPS) is 12.0. The van der Waals surface area contributed by atoms with Gasteiger partial charge in [0.25, 0.3) is 0 Å². The van der Waals surface area contributed by atoms with Gasteiger partial charge in [-0.3, -0.25) is 0 Å². The van der Waals surface area contributed by atoms with E-state index in [1.165, 1.54) is 20.7 Å². The van der Waals surface area contributed by atoms with Crippen molar-refractivity contribution in [3.8, 4) is 0 Å². The van der Waals surface area contributed by atoms with Gasteiger partial charge in [-0.05, 0) is 11.6 Å². The highest BCUT2D eigenvalue weighted by molar-refractivity contribution is 7.18. The first-order chi connectivity index (χ1) is 15.6. The van der Waals surface area contributed by atoms with E-state index in [1.807, 2.05) is 0 Å². The number of rotatable bonds is 8. The maximum Gasteiger partial charge on any atom is 0.116 e. The van der Waals surface area contributed by atoms with Crippen LogP contribution in [0.2, 0.25) is 18.3 Å². The minimum absolute atomic E-state index is 0.516. The van der Waals surface area contributed by atoms with E-state index in [9.17, 15) is 0 Å². The highest BCUT2D eigenvalue weighted by Crippen LogP contribution is 2.35. The van der Waals surface area contributed by atoms with Crippen molar-refractivity contribution >= 4 is 36.9 Å². The van der Waals surface area contributed by atoms with Crippen LogP contribution in [0.3, 0.4) is 0 Å². The Morgan fingerprint density at radius 1 is 0.531 bits per heavy atom. The number of allylic oxidation sites excluding steroid dienone is 1. The molecule has 160 valence electrons. The summed E-state index contributed by atoms with van der Waals surface area (Å²) in [6.45, 7) is 9.42. The zero-order valence-corrected chi connectivity index (χ0v) is 21.1. The van der Waals surface area contributed by atoms with Crippen molar-refractivity contribution in [3.63, 3.8) is 0 Å². The van der Waals surface area contributed by atoms with Crippen LogP contribution in [0.5, 0.6) is 0 Å². The lowest BCUT2D eigenvalue weighted by Crippen LogP contribution is -2.72. The fraction of sp³-hybridized carbons (Fsp3) is 0.133. The van der Waals surface area contributed by atoms with Crippen LogP contribution < -0.4 is 20.7 Å². The van der Waals surface area contributed by atoms with E-state index in [0.717, 1.165) is 6.42 Å². The average molecular weight is 449 g/mol. The topological polar surface area (TPSA) is 0 Å². The van der Waals surface area contributed by atoms with Crippen LogP contribution in [0.1, 0.15) is 6.42 Å². The van der Waals surface area contributed by atoms with Crippen molar-refractivity contribution in [2.45, 2.75) is 24.7 Å². The van der Waals surface area contributed by atoms with Crippen LogP contribution in [0.25, 0.3) is 0 Å². The molecule has 0 saturated heterocycles. The molecule has 4 aromatic rings. The maximum atomic E-state index is 4.25. The molecule has 0 N–H and O–H groups in total. The number of benzene rings is 4. The van der Waals surface area contributed by atoms with Crippen molar-refractivity contribution < 1.29 is 0 Å². The SMILES string of the molecule is C=CCC([Si](C)(c1ccccc1)c1ccccc1)[Si](C)(c1ccccc1)c1ccccc1. The summed E-state index contributed by atoms with van der Waals surface area (Å²) in [7, 11) is -4.33. The molecule has 4 aromatic carbocycles. The molecule has 0 aliphatic heterocycles. The highest BCUT2D eigenvalue weighted by Gasteiger charge is 2.51. The summed E-state index contributed by atoms with van der Waals surface area (Å²) in [5, 5.41) is 6.53. The van der Waals surface area contributed by atoms with Crippen molar-refractivity contribution in [3.05, 3.63) is 134 Å². The molecule has 0 spiro atoms. The third kappa shape index (κ3) is 3.97. The molecule has 4 rings (SSSR count). The van der Waals surface area contributed by atoms with Crippen LogP contribution in [-0.4, -0.2) is 16.1 Å². The van der Waals surface area contributed by atoms with E-state index in [1.54, 1.807) is 0 Å². The second-order valence-corrected chi connectivity index (χ2v) is 18.0. The van der Waals surface area contributed by atoms with Crippen LogP contribution in [0, 0.1) is 0 Å². The van der Waals surface area contributed by atoms with Crippen LogP contribution >= 0.6 is 0 Å². The monoisotopic (exact) mass is 448 g/mol. The molecule has 0 unspecified atom stereocenters. The molecule has 2 heteroatoms. The fourth-order valence-electron chi connectivity index (χ4n) is 5.49. The molecule has 0 atom stereocenters. The summed E-state index contributed by atoms with van der Waals surface area (Å²) in [6, 6.07) is 45.1. The second-order valence-electron chi connectivity index (χ2n) is 8.95. The molecule has 0 aliphatic rings. The molecule has 0 fully saturated rings. The predicted molar refractivity (Wildman–Crippen MR) is 146 cm³/mol. The fourth-order valence-corrected chi connectivity index (χ4v) is 19.2. The molecule has 0 aliphatic carbocycles. The summed E-state index contributed by atoms with van der Waals surface area (Å²) in [6.07, 6.45) is 3.18. The Labute approximate surface area is 195 Å². The van der Waals surface area contributed by atoms with Gasteiger partial charge in [0.1, 0.15) is 16.1 Å². The Kier molecular flexibility index (Phi) is 6.73. The molecule has 0 bridgehead atoms. The van der Waals surface area contributed by atoms with Crippen LogP contribution in [0.15, 0.2) is 134 Å². The van der Waals surface area contributed by atoms with E-state index >= 15 is 0 Å². The number of hydrogen-bond acceptors (Lipinski definition) is 0. The van der Waals surface area contributed by atoms with Crippen molar-refractivity contribution in [1.82, 2.24) is 0 Å². The van der Waals surface area contributed by atoms with E-state index in [-0.39, 0.29) is 0 Å². The van der Waals surface area contributed by atoms with Crippen LogP contribution in [0.4, 0.5) is 0 Å². The van der Waals surface area contributed by atoms with Gasteiger partial charge < -0.3 is 0 Å². The van der Waals surface area contributed by atoms with Crippen molar-refractivity contribution in [1.29, 1.82) is 0 Å². The Morgan fingerprint density at radius 2 is 0.781 bits per heavy atom. The molecule has 0 heterocycles. The minimum Gasteiger partial charge on any atom is -0.103 e. The Balaban J connectivity index is 2.04. The van der Waals surface area contributed by atoms with Gasteiger partial charge >= 0.3 is 0 Å². The third-order valence-electron chi connectivity index (χ3n) is 7.29. The molecule has 32 heavy (non-hydrogen) atoms. The molecule has 0 radical (unpaired) electrons. The van der Waals surface area contributed by atoms with Gasteiger partial charge in [-0.2, -0.15) is 0 Å². The molecule has 0 aromatic heterocycles. The predicted octanol–water partition coefficient (Wildman–Crippen LogP) is 5.26. The second kappa shape index (κ2) is 9.68. The smallest absolute Gasteiger partial charge is 0.103 e. The summed E-state index contributed by atoms with van der Waals surface area (Å²) >= 11 is 0. The summed E-state index contributed by atoms with van der Waals surface area (Å²) < 4.78 is 0. The van der Waals surface area contributed by atoms with Crippen molar-refractivity contribution in [2.24, 2.45) is 0 Å². The molecule has 0 amide bonds. The average Bonchev–Trinajstić information content (AvgIpc) is 2.88. The van der Waals surface area contributed by atoms with Crippen LogP contribution in [-0.2, 0) is 0 Å². The molecular weight excluding hydrogens is 417 g/mol. The van der Waals surface area contributed by atoms with Gasteiger partial charge in [0.05, 0.1) is 0 Å². The Bertz CT molecular complexity index is 955. The summed E-state index contributed by atoms with van der Waals surface area (Å²) in [5.74, 6) is 0. The Hall–Kier alpha value is -2.95. The lowest BCUT2D eigenvalue weighted by atomic mass is 10.4. The molecule has 0 nitrogen and oxygen atoms in total. The first-order valence-electron chi connectivity index (χ1n) is 11.4. The van der Waals surface area contributed by atoms with E-state index in [2.05, 4.69) is 147 Å². The minimum atomic E-state index is -2.16. The first-order valence-corrected chi connectivity index (χ1v) is 16.6. The zero-order valence-electron chi connectivity index (χ0n) is 19.1. The van der Waals surface area contributed by atoms with Gasteiger partial charge in [0.2, 0.25) is 0 Å². The Morgan fingerprint density at radius 3 is 1.00 bits per heavy atom. The summed E-state index contributed by atoms with van der Waals surface area (Å²) in [5.41, 5.74) is 0. The van der Waals surface area contributed by atoms with E-state index in [0.29, 0.717) is 5.16 Å². The van der Waals surface area contributed by atoms with E-state index in [4.69, 9.17) is 0 Å².